The van der Waals surface area contributed by atoms with Crippen LogP contribution < -0.4 is 0 Å². The minimum absolute atomic E-state index is 0.852. The predicted octanol–water partition coefficient (Wildman–Crippen LogP) is 5.60. The second-order valence-electron chi connectivity index (χ2n) is 4.47. The third-order valence-corrected chi connectivity index (χ3v) is 2.62. The number of hydrogen-bond donors (Lipinski definition) is 0. The Bertz CT molecular complexity index is 469. The van der Waals surface area contributed by atoms with Crippen LogP contribution >= 0.6 is 0 Å². The lowest BCUT2D eigenvalue weighted by Gasteiger charge is -2.08. The Hall–Kier alpha value is -1.78. The van der Waals surface area contributed by atoms with Crippen LogP contribution in [0.5, 0.6) is 0 Å². The van der Waals surface area contributed by atoms with Gasteiger partial charge in [-0.3, -0.25) is 0 Å². The Balaban J connectivity index is 0.000000982. The molecular weight excluding hydrogens is 228 g/mol. The van der Waals surface area contributed by atoms with Crippen molar-refractivity contribution in [3.8, 4) is 0 Å². The number of allylic oxidation sites excluding steroid dienone is 4. The molecule has 0 aliphatic rings. The van der Waals surface area contributed by atoms with E-state index in [9.17, 15) is 0 Å². The largest absolute Gasteiger partial charge is 0.120 e. The Morgan fingerprint density at radius 1 is 1.32 bits per heavy atom. The van der Waals surface area contributed by atoms with E-state index in [-0.39, 0.29) is 0 Å². The highest BCUT2D eigenvalue weighted by atomic mass is 14.1. The average molecular weight is 253 g/mol. The number of aryl methyl sites for hydroxylation is 1. The van der Waals surface area contributed by atoms with E-state index >= 15 is 0 Å². The lowest BCUT2D eigenvalue weighted by Crippen LogP contribution is -1.94. The van der Waals surface area contributed by atoms with Gasteiger partial charge in [-0.05, 0) is 55.2 Å². The van der Waals surface area contributed by atoms with Gasteiger partial charge in [0.15, 0.2) is 0 Å². The van der Waals surface area contributed by atoms with Crippen LogP contribution in [0.15, 0.2) is 59.9 Å². The highest BCUT2D eigenvalue weighted by molar-refractivity contribution is 5.41. The highest BCUT2D eigenvalue weighted by Crippen LogP contribution is 2.17. The molecule has 0 heteroatoms. The fraction of sp³-hybridized carbons (Fsp3) is 0.316. The topological polar surface area (TPSA) is 0 Å². The SMILES string of the molecule is CCC.[CH]=C=C/C(=C/C)C(=C)Cc1ccccc1C. The second kappa shape index (κ2) is 10.2. The van der Waals surface area contributed by atoms with Gasteiger partial charge >= 0.3 is 0 Å². The van der Waals surface area contributed by atoms with Crippen LogP contribution in [-0.4, -0.2) is 0 Å². The summed E-state index contributed by atoms with van der Waals surface area (Å²) in [5.41, 5.74) is 7.25. The standard InChI is InChI=1S/C16H17.C3H8/c1-5-9-15(6-2)14(4)12-16-11-8-7-10-13(16)3;1-3-2/h1,6-11H,4,12H2,2-3H3;3H2,1-2H3/b15-6-;. The van der Waals surface area contributed by atoms with Gasteiger partial charge in [0.1, 0.15) is 0 Å². The minimum atomic E-state index is 0.852. The molecule has 0 spiro atoms. The van der Waals surface area contributed by atoms with E-state index < -0.39 is 0 Å². The molecule has 0 aliphatic carbocycles. The van der Waals surface area contributed by atoms with Crippen LogP contribution in [0.3, 0.4) is 0 Å². The summed E-state index contributed by atoms with van der Waals surface area (Å²) in [6.45, 7) is 17.7. The fourth-order valence-corrected chi connectivity index (χ4v) is 1.62. The van der Waals surface area contributed by atoms with E-state index in [1.807, 2.05) is 19.1 Å². The van der Waals surface area contributed by atoms with Crippen molar-refractivity contribution >= 4 is 0 Å². The van der Waals surface area contributed by atoms with Crippen LogP contribution in [0.25, 0.3) is 0 Å². The van der Waals surface area contributed by atoms with Crippen molar-refractivity contribution in [2.45, 2.75) is 40.5 Å². The summed E-state index contributed by atoms with van der Waals surface area (Å²) >= 11 is 0. The highest BCUT2D eigenvalue weighted by Gasteiger charge is 2.02. The van der Waals surface area contributed by atoms with E-state index in [1.54, 1.807) is 6.08 Å². The molecule has 1 radical (unpaired) electrons. The maximum atomic E-state index is 5.28. The summed E-state index contributed by atoms with van der Waals surface area (Å²) in [4.78, 5) is 0. The molecule has 0 nitrogen and oxygen atoms in total. The molecule has 1 aromatic rings. The first-order chi connectivity index (χ1) is 9.10. The Morgan fingerprint density at radius 2 is 1.89 bits per heavy atom. The van der Waals surface area contributed by atoms with E-state index in [4.69, 9.17) is 6.58 Å². The molecule has 0 heterocycles. The van der Waals surface area contributed by atoms with Gasteiger partial charge in [-0.15, -0.1) is 5.73 Å². The van der Waals surface area contributed by atoms with Crippen molar-refractivity contribution in [3.63, 3.8) is 0 Å². The third kappa shape index (κ3) is 6.64. The smallest absolute Gasteiger partial charge is 0.00230 e. The molecule has 0 atom stereocenters. The summed E-state index contributed by atoms with van der Waals surface area (Å²) in [6.07, 6.45) is 5.87. The molecule has 101 valence electrons. The van der Waals surface area contributed by atoms with Crippen molar-refractivity contribution in [2.75, 3.05) is 0 Å². The Morgan fingerprint density at radius 3 is 2.37 bits per heavy atom. The molecular formula is C19H25. The van der Waals surface area contributed by atoms with Crippen LogP contribution in [-0.2, 0) is 6.42 Å². The monoisotopic (exact) mass is 253 g/mol. The lowest BCUT2D eigenvalue weighted by molar-refractivity contribution is 1.09. The van der Waals surface area contributed by atoms with Gasteiger partial charge in [0.25, 0.3) is 0 Å². The van der Waals surface area contributed by atoms with Crippen molar-refractivity contribution in [3.05, 3.63) is 77.6 Å². The maximum absolute atomic E-state index is 5.28. The summed E-state index contributed by atoms with van der Waals surface area (Å²) in [7, 11) is 0. The van der Waals surface area contributed by atoms with Gasteiger partial charge in [0.05, 0.1) is 0 Å². The van der Waals surface area contributed by atoms with Crippen LogP contribution in [0.2, 0.25) is 0 Å². The van der Waals surface area contributed by atoms with Crippen LogP contribution in [0.1, 0.15) is 38.3 Å². The summed E-state index contributed by atoms with van der Waals surface area (Å²) in [5, 5.41) is 0. The lowest BCUT2D eigenvalue weighted by atomic mass is 9.96. The van der Waals surface area contributed by atoms with E-state index in [0.29, 0.717) is 0 Å². The summed E-state index contributed by atoms with van der Waals surface area (Å²) in [5.74, 6) is 0. The maximum Gasteiger partial charge on any atom is -0.00230 e. The van der Waals surface area contributed by atoms with Crippen LogP contribution in [0, 0.1) is 13.5 Å². The van der Waals surface area contributed by atoms with E-state index in [1.165, 1.54) is 17.5 Å². The average Bonchev–Trinajstić information content (AvgIpc) is 2.39. The van der Waals surface area contributed by atoms with Crippen molar-refractivity contribution < 1.29 is 0 Å². The molecule has 19 heavy (non-hydrogen) atoms. The molecule has 0 aliphatic heterocycles. The minimum Gasteiger partial charge on any atom is -0.120 e. The zero-order valence-corrected chi connectivity index (χ0v) is 12.7. The zero-order valence-electron chi connectivity index (χ0n) is 12.7. The molecule has 0 saturated carbocycles. The van der Waals surface area contributed by atoms with Crippen molar-refractivity contribution in [1.82, 2.24) is 0 Å². The summed E-state index contributed by atoms with van der Waals surface area (Å²) < 4.78 is 0. The number of hydrogen-bond acceptors (Lipinski definition) is 0. The second-order valence-corrected chi connectivity index (χ2v) is 4.47. The molecule has 0 N–H and O–H groups in total. The van der Waals surface area contributed by atoms with Gasteiger partial charge in [-0.1, -0.05) is 57.2 Å². The first-order valence-corrected chi connectivity index (χ1v) is 6.78. The summed E-state index contributed by atoms with van der Waals surface area (Å²) in [6, 6.07) is 8.34. The van der Waals surface area contributed by atoms with Crippen molar-refractivity contribution in [1.29, 1.82) is 0 Å². The van der Waals surface area contributed by atoms with Gasteiger partial charge in [0.2, 0.25) is 0 Å². The van der Waals surface area contributed by atoms with Gasteiger partial charge in [0, 0.05) is 0 Å². The van der Waals surface area contributed by atoms with Gasteiger partial charge in [-0.25, -0.2) is 0 Å². The molecule has 0 saturated heterocycles. The normalized spacial score (nSPS) is 10.0. The quantitative estimate of drug-likeness (QED) is 0.484. The van der Waals surface area contributed by atoms with Gasteiger partial charge in [-0.2, -0.15) is 0 Å². The fourth-order valence-electron chi connectivity index (χ4n) is 1.62. The van der Waals surface area contributed by atoms with Gasteiger partial charge < -0.3 is 0 Å². The zero-order chi connectivity index (χ0) is 14.7. The third-order valence-electron chi connectivity index (χ3n) is 2.62. The number of rotatable bonds is 4. The predicted molar refractivity (Wildman–Crippen MR) is 86.1 cm³/mol. The van der Waals surface area contributed by atoms with Crippen molar-refractivity contribution in [2.24, 2.45) is 0 Å². The van der Waals surface area contributed by atoms with E-state index in [2.05, 4.69) is 51.3 Å². The molecule has 0 amide bonds. The molecule has 1 aromatic carbocycles. The molecule has 1 rings (SSSR count). The molecule has 0 aromatic heterocycles. The first-order valence-electron chi connectivity index (χ1n) is 6.78. The van der Waals surface area contributed by atoms with Crippen LogP contribution in [0.4, 0.5) is 0 Å². The molecule has 0 unspecified atom stereocenters. The molecule has 0 fully saturated rings. The first kappa shape index (κ1) is 17.2. The Kier molecular flexibility index (Phi) is 9.22. The molecule has 0 bridgehead atoms. The number of benzene rings is 1. The van der Waals surface area contributed by atoms with E-state index in [0.717, 1.165) is 17.6 Å². The Labute approximate surface area is 118 Å².